The van der Waals surface area contributed by atoms with Gasteiger partial charge in [0.1, 0.15) is 5.75 Å². The number of nitrogens with zero attached hydrogens (tertiary/aromatic N) is 2. The second-order valence-corrected chi connectivity index (χ2v) is 10.2. The third kappa shape index (κ3) is 5.61. The van der Waals surface area contributed by atoms with Crippen LogP contribution in [0.15, 0.2) is 12.1 Å². The van der Waals surface area contributed by atoms with Crippen LogP contribution in [-0.2, 0) is 17.6 Å². The van der Waals surface area contributed by atoms with Crippen LogP contribution in [0.3, 0.4) is 0 Å². The van der Waals surface area contributed by atoms with E-state index in [0.29, 0.717) is 43.2 Å². The lowest BCUT2D eigenvalue weighted by molar-refractivity contribution is -0.135. The average Bonchev–Trinajstić information content (AvgIpc) is 3.12. The van der Waals surface area contributed by atoms with E-state index in [1.54, 1.807) is 4.68 Å². The van der Waals surface area contributed by atoms with Crippen LogP contribution in [0, 0.1) is 32.1 Å². The van der Waals surface area contributed by atoms with Crippen molar-refractivity contribution in [2.24, 2.45) is 11.3 Å². The lowest BCUT2D eigenvalue weighted by atomic mass is 9.98. The molecule has 7 nitrogen and oxygen atoms in total. The van der Waals surface area contributed by atoms with Crippen LogP contribution >= 0.6 is 0 Å². The van der Waals surface area contributed by atoms with Gasteiger partial charge in [0.25, 0.3) is 0 Å². The number of ether oxygens (including phenoxy) is 1. The molecule has 1 heterocycles. The number of carboxylic acid groups (broad SMARTS) is 1. The number of carboxylic acids is 1. The van der Waals surface area contributed by atoms with E-state index in [0.717, 1.165) is 46.7 Å². The van der Waals surface area contributed by atoms with Gasteiger partial charge >= 0.3 is 5.97 Å². The normalized spacial score (nSPS) is 18.8. The average molecular weight is 484 g/mol. The van der Waals surface area contributed by atoms with Gasteiger partial charge in [-0.1, -0.05) is 39.8 Å². The van der Waals surface area contributed by atoms with E-state index >= 15 is 0 Å². The number of carbonyl (C=O) groups excluding carboxylic acids is 1. The van der Waals surface area contributed by atoms with Crippen LogP contribution in [0.2, 0.25) is 0 Å². The molecule has 2 aliphatic rings. The van der Waals surface area contributed by atoms with Crippen LogP contribution in [-0.4, -0.2) is 46.5 Å². The largest absolute Gasteiger partial charge is 0.493 e. The van der Waals surface area contributed by atoms with Crippen LogP contribution in [0.25, 0.3) is 0 Å². The van der Waals surface area contributed by atoms with Gasteiger partial charge in [-0.25, -0.2) is 4.68 Å². The Morgan fingerprint density at radius 1 is 1.20 bits per heavy atom. The van der Waals surface area contributed by atoms with Crippen molar-refractivity contribution in [3.8, 4) is 5.75 Å². The maximum Gasteiger partial charge on any atom is 0.317 e. The fourth-order valence-electron chi connectivity index (χ4n) is 5.64. The standard InChI is InChI=1S/C26H35N3O4.C2H6/c1-15-11-18(12-16(2)25(15)33-10-6-9-27-14-22(31)32)7-8-21(30)29-20-13-19-24(26(19,4)5)23(20)17(3)28-29;1-2/h11-12,19,24,27H,6-10,13-14H2,1-5H3,(H,31,32);1-2H3/t19-,24-;/m1./s1. The summed E-state index contributed by atoms with van der Waals surface area (Å²) in [5, 5.41) is 16.1. The van der Waals surface area contributed by atoms with Gasteiger partial charge in [0.15, 0.2) is 0 Å². The lowest BCUT2D eigenvalue weighted by Crippen LogP contribution is -2.24. The molecular weight excluding hydrogens is 442 g/mol. The highest BCUT2D eigenvalue weighted by Gasteiger charge is 2.64. The Morgan fingerprint density at radius 3 is 2.49 bits per heavy atom. The minimum atomic E-state index is -0.857. The van der Waals surface area contributed by atoms with Gasteiger partial charge in [-0.2, -0.15) is 5.10 Å². The van der Waals surface area contributed by atoms with Crippen LogP contribution in [0.4, 0.5) is 0 Å². The number of nitrogens with one attached hydrogen (secondary N) is 1. The highest BCUT2D eigenvalue weighted by molar-refractivity contribution is 5.80. The molecule has 4 rings (SSSR count). The molecule has 1 fully saturated rings. The van der Waals surface area contributed by atoms with Crippen molar-refractivity contribution in [3.05, 3.63) is 45.8 Å². The van der Waals surface area contributed by atoms with Gasteiger partial charge in [0.05, 0.1) is 24.5 Å². The molecule has 192 valence electrons. The summed E-state index contributed by atoms with van der Waals surface area (Å²) in [6.07, 6.45) is 2.80. The molecule has 2 N–H and O–H groups in total. The van der Waals surface area contributed by atoms with Gasteiger partial charge in [-0.15, -0.1) is 0 Å². The molecule has 0 radical (unpaired) electrons. The summed E-state index contributed by atoms with van der Waals surface area (Å²) in [6.45, 7) is 15.8. The van der Waals surface area contributed by atoms with Gasteiger partial charge < -0.3 is 15.2 Å². The number of rotatable bonds is 10. The summed E-state index contributed by atoms with van der Waals surface area (Å²) in [7, 11) is 0. The quantitative estimate of drug-likeness (QED) is 0.470. The Balaban J connectivity index is 0.00000167. The first-order chi connectivity index (χ1) is 16.6. The molecule has 1 aromatic heterocycles. The second-order valence-electron chi connectivity index (χ2n) is 10.2. The summed E-state index contributed by atoms with van der Waals surface area (Å²) < 4.78 is 7.62. The molecule has 7 heteroatoms. The Morgan fingerprint density at radius 2 is 1.86 bits per heavy atom. The molecule has 2 aromatic rings. The van der Waals surface area contributed by atoms with Crippen molar-refractivity contribution in [3.63, 3.8) is 0 Å². The smallest absolute Gasteiger partial charge is 0.317 e. The number of carbonyl (C=O) groups is 2. The highest BCUT2D eigenvalue weighted by atomic mass is 16.5. The third-order valence-corrected chi connectivity index (χ3v) is 7.39. The van der Waals surface area contributed by atoms with Crippen LogP contribution in [0.5, 0.6) is 5.75 Å². The number of aryl methyl sites for hydroxylation is 4. The Kier molecular flexibility index (Phi) is 8.42. The molecule has 2 aliphatic carbocycles. The number of benzene rings is 1. The van der Waals surface area contributed by atoms with E-state index in [2.05, 4.69) is 36.4 Å². The molecule has 1 saturated carbocycles. The number of aliphatic carboxylic acids is 1. The zero-order chi connectivity index (χ0) is 25.9. The molecule has 0 amide bonds. The van der Waals surface area contributed by atoms with Crippen molar-refractivity contribution in [2.45, 2.75) is 80.1 Å². The Bertz CT molecular complexity index is 1060. The van der Waals surface area contributed by atoms with Crippen molar-refractivity contribution < 1.29 is 19.4 Å². The van der Waals surface area contributed by atoms with Gasteiger partial charge in [0.2, 0.25) is 5.91 Å². The minimum absolute atomic E-state index is 0.0362. The SMILES string of the molecule is CC.Cc1cc(CCC(=O)n2nc(C)c3c2C[C@@H]2[C@H]3C2(C)C)cc(C)c1OCCCNCC(=O)O. The van der Waals surface area contributed by atoms with Crippen molar-refractivity contribution in [2.75, 3.05) is 19.7 Å². The van der Waals surface area contributed by atoms with Crippen LogP contribution < -0.4 is 10.1 Å². The topological polar surface area (TPSA) is 93.5 Å². The van der Waals surface area contributed by atoms with E-state index < -0.39 is 5.97 Å². The Labute approximate surface area is 209 Å². The first-order valence-corrected chi connectivity index (χ1v) is 12.9. The molecule has 0 aliphatic heterocycles. The summed E-state index contributed by atoms with van der Waals surface area (Å²) in [4.78, 5) is 23.5. The van der Waals surface area contributed by atoms with E-state index in [4.69, 9.17) is 9.84 Å². The summed E-state index contributed by atoms with van der Waals surface area (Å²) in [6, 6.07) is 4.18. The highest BCUT2D eigenvalue weighted by Crippen LogP contribution is 2.70. The van der Waals surface area contributed by atoms with Gasteiger partial charge in [-0.3, -0.25) is 9.59 Å². The number of hydrogen-bond acceptors (Lipinski definition) is 5. The van der Waals surface area contributed by atoms with Crippen molar-refractivity contribution in [1.29, 1.82) is 0 Å². The van der Waals surface area contributed by atoms with Crippen molar-refractivity contribution in [1.82, 2.24) is 15.1 Å². The molecule has 0 unspecified atom stereocenters. The predicted molar refractivity (Wildman–Crippen MR) is 138 cm³/mol. The monoisotopic (exact) mass is 483 g/mol. The van der Waals surface area contributed by atoms with Crippen LogP contribution in [0.1, 0.15) is 84.9 Å². The van der Waals surface area contributed by atoms with Crippen molar-refractivity contribution >= 4 is 11.9 Å². The first kappa shape index (κ1) is 26.9. The summed E-state index contributed by atoms with van der Waals surface area (Å²) in [5.41, 5.74) is 7.05. The molecule has 0 bridgehead atoms. The number of fused-ring (bicyclic) bond motifs is 3. The zero-order valence-electron chi connectivity index (χ0n) is 22.3. The fraction of sp³-hybridized carbons (Fsp3) is 0.607. The van der Waals surface area contributed by atoms with E-state index in [-0.39, 0.29) is 12.5 Å². The third-order valence-electron chi connectivity index (χ3n) is 7.39. The summed E-state index contributed by atoms with van der Waals surface area (Å²) in [5.74, 6) is 1.31. The maximum absolute atomic E-state index is 13.0. The zero-order valence-corrected chi connectivity index (χ0v) is 22.3. The van der Waals surface area contributed by atoms with Gasteiger partial charge in [0, 0.05) is 12.0 Å². The second kappa shape index (κ2) is 10.9. The fourth-order valence-corrected chi connectivity index (χ4v) is 5.64. The molecule has 2 atom stereocenters. The molecule has 0 saturated heterocycles. The van der Waals surface area contributed by atoms with E-state index in [1.807, 2.05) is 34.6 Å². The Hall–Kier alpha value is -2.67. The van der Waals surface area contributed by atoms with E-state index in [9.17, 15) is 9.59 Å². The van der Waals surface area contributed by atoms with Gasteiger partial charge in [-0.05, 0) is 80.5 Å². The molecule has 1 aromatic carbocycles. The molecular formula is C28H41N3O4. The van der Waals surface area contributed by atoms with E-state index in [1.165, 1.54) is 5.56 Å². The summed E-state index contributed by atoms with van der Waals surface area (Å²) >= 11 is 0. The number of aromatic nitrogens is 2. The number of hydrogen-bond donors (Lipinski definition) is 2. The molecule has 0 spiro atoms. The minimum Gasteiger partial charge on any atom is -0.493 e. The predicted octanol–water partition coefficient (Wildman–Crippen LogP) is 4.85. The molecule has 35 heavy (non-hydrogen) atoms. The maximum atomic E-state index is 13.0. The lowest BCUT2D eigenvalue weighted by Gasteiger charge is -2.14. The first-order valence-electron chi connectivity index (χ1n) is 12.9.